The number of hydrogen-bond acceptors (Lipinski definition) is 2. The Morgan fingerprint density at radius 3 is 2.00 bits per heavy atom. The van der Waals surface area contributed by atoms with E-state index in [1.807, 2.05) is 0 Å². The lowest BCUT2D eigenvalue weighted by Crippen LogP contribution is -2.26. The second-order valence-electron chi connectivity index (χ2n) is 6.82. The van der Waals surface area contributed by atoms with Crippen LogP contribution < -0.4 is 0 Å². The Labute approximate surface area is 143 Å². The van der Waals surface area contributed by atoms with Crippen LogP contribution in [-0.4, -0.2) is 18.2 Å². The van der Waals surface area contributed by atoms with E-state index in [2.05, 4.69) is 4.74 Å². The molecule has 0 aromatic heterocycles. The Bertz CT molecular complexity index is 713. The summed E-state index contributed by atoms with van der Waals surface area (Å²) >= 11 is 0. The molecule has 0 spiro atoms. The Morgan fingerprint density at radius 2 is 1.60 bits per heavy atom. The monoisotopic (exact) mass is 360 g/mol. The second kappa shape index (κ2) is 6.44. The van der Waals surface area contributed by atoms with Gasteiger partial charge in [0.25, 0.3) is 0 Å². The molecular weight excluding hydrogens is 340 g/mol. The molecule has 7 heteroatoms. The molecule has 0 bridgehead atoms. The first-order valence-corrected chi connectivity index (χ1v) is 7.76. The molecule has 3 nitrogen and oxygen atoms in total. The van der Waals surface area contributed by atoms with Crippen molar-refractivity contribution in [2.75, 3.05) is 7.11 Å². The first-order chi connectivity index (χ1) is 11.6. The number of halogens is 4. The van der Waals surface area contributed by atoms with Crippen LogP contribution in [0.25, 0.3) is 0 Å². The summed E-state index contributed by atoms with van der Waals surface area (Å²) in [6.45, 7) is 4.35. The highest BCUT2D eigenvalue weighted by Gasteiger charge is 2.74. The molecule has 2 rings (SSSR count). The fourth-order valence-electron chi connectivity index (χ4n) is 3.74. The molecule has 0 amide bonds. The van der Waals surface area contributed by atoms with Crippen LogP contribution in [0.2, 0.25) is 0 Å². The maximum Gasteiger partial charge on any atom is 0.311 e. The standard InChI is InChI=1S/C18H20F4O3/c1-5-6-11-17(2,3)18(11,16(23)24)7-9-12(19)14(21)10(8-25-4)15(22)13(9)20/h5-6,11H,7-8H2,1-4H3,(H,23,24)/b6-5+/t11?,18-/m0/s1. The van der Waals surface area contributed by atoms with Crippen molar-refractivity contribution in [3.8, 4) is 0 Å². The van der Waals surface area contributed by atoms with Gasteiger partial charge < -0.3 is 9.84 Å². The molecule has 0 heterocycles. The van der Waals surface area contributed by atoms with Crippen molar-refractivity contribution < 1.29 is 32.2 Å². The van der Waals surface area contributed by atoms with Crippen LogP contribution in [0.3, 0.4) is 0 Å². The van der Waals surface area contributed by atoms with Crippen LogP contribution in [-0.2, 0) is 22.6 Å². The van der Waals surface area contributed by atoms with E-state index in [1.165, 1.54) is 0 Å². The third-order valence-corrected chi connectivity index (χ3v) is 5.33. The van der Waals surface area contributed by atoms with Gasteiger partial charge in [-0.15, -0.1) is 0 Å². The van der Waals surface area contributed by atoms with Crippen molar-refractivity contribution in [3.63, 3.8) is 0 Å². The summed E-state index contributed by atoms with van der Waals surface area (Å²) in [5.74, 6) is -8.04. The molecule has 1 aromatic rings. The van der Waals surface area contributed by atoms with Crippen LogP contribution in [0.15, 0.2) is 12.2 Å². The molecule has 138 valence electrons. The van der Waals surface area contributed by atoms with E-state index < -0.39 is 70.1 Å². The van der Waals surface area contributed by atoms with Gasteiger partial charge in [-0.2, -0.15) is 0 Å². The van der Waals surface area contributed by atoms with Gasteiger partial charge in [-0.1, -0.05) is 26.0 Å². The average molecular weight is 360 g/mol. The summed E-state index contributed by atoms with van der Waals surface area (Å²) < 4.78 is 61.5. The van der Waals surface area contributed by atoms with Crippen molar-refractivity contribution in [1.29, 1.82) is 0 Å². The van der Waals surface area contributed by atoms with Crippen LogP contribution in [0.1, 0.15) is 31.9 Å². The number of ether oxygens (including phenoxy) is 1. The zero-order valence-corrected chi connectivity index (χ0v) is 14.4. The normalized spacial score (nSPS) is 24.7. The van der Waals surface area contributed by atoms with Crippen LogP contribution in [0.4, 0.5) is 17.6 Å². The molecule has 25 heavy (non-hydrogen) atoms. The third kappa shape index (κ3) is 2.65. The lowest BCUT2D eigenvalue weighted by atomic mass is 9.87. The summed E-state index contributed by atoms with van der Waals surface area (Å²) in [5, 5.41) is 9.67. The highest BCUT2D eigenvalue weighted by molar-refractivity contribution is 5.82. The minimum atomic E-state index is -1.58. The summed E-state index contributed by atoms with van der Waals surface area (Å²) in [6, 6.07) is 0. The number of benzene rings is 1. The van der Waals surface area contributed by atoms with Gasteiger partial charge in [-0.3, -0.25) is 4.79 Å². The molecule has 1 saturated carbocycles. The summed E-state index contributed by atoms with van der Waals surface area (Å²) in [4.78, 5) is 11.9. The van der Waals surface area contributed by atoms with Crippen molar-refractivity contribution in [2.24, 2.45) is 16.7 Å². The predicted octanol–water partition coefficient (Wildman–Crippen LogP) is 4.24. The first-order valence-electron chi connectivity index (χ1n) is 7.76. The molecule has 0 saturated heterocycles. The quantitative estimate of drug-likeness (QED) is 0.469. The summed E-state index contributed by atoms with van der Waals surface area (Å²) in [6.07, 6.45) is 2.63. The minimum absolute atomic E-state index is 0.508. The maximum absolute atomic E-state index is 14.4. The van der Waals surface area contributed by atoms with E-state index in [-0.39, 0.29) is 0 Å². The number of carbonyl (C=O) groups is 1. The van der Waals surface area contributed by atoms with Gasteiger partial charge in [-0.05, 0) is 24.7 Å². The molecule has 0 radical (unpaired) electrons. The zero-order chi connectivity index (χ0) is 19.2. The number of methoxy groups -OCH3 is 1. The molecule has 1 aliphatic rings. The van der Waals surface area contributed by atoms with Gasteiger partial charge in [0.2, 0.25) is 0 Å². The largest absolute Gasteiger partial charge is 0.481 e. The molecule has 1 unspecified atom stereocenters. The molecule has 1 fully saturated rings. The van der Waals surface area contributed by atoms with Crippen molar-refractivity contribution >= 4 is 5.97 Å². The van der Waals surface area contributed by atoms with Crippen LogP contribution in [0.5, 0.6) is 0 Å². The minimum Gasteiger partial charge on any atom is -0.481 e. The first kappa shape index (κ1) is 19.4. The molecule has 1 N–H and O–H groups in total. The summed E-state index contributed by atoms with van der Waals surface area (Å²) in [5.41, 5.74) is -4.10. The highest BCUT2D eigenvalue weighted by atomic mass is 19.2. The number of rotatable bonds is 6. The Morgan fingerprint density at radius 1 is 1.12 bits per heavy atom. The molecular formula is C18H20F4O3. The number of allylic oxidation sites excluding steroid dienone is 2. The lowest BCUT2D eigenvalue weighted by molar-refractivity contribution is -0.145. The predicted molar refractivity (Wildman–Crippen MR) is 82.8 cm³/mol. The van der Waals surface area contributed by atoms with Gasteiger partial charge in [0.15, 0.2) is 23.3 Å². The van der Waals surface area contributed by atoms with E-state index in [4.69, 9.17) is 0 Å². The van der Waals surface area contributed by atoms with Gasteiger partial charge in [0.1, 0.15) is 0 Å². The van der Waals surface area contributed by atoms with Gasteiger partial charge in [0, 0.05) is 12.7 Å². The van der Waals surface area contributed by atoms with Gasteiger partial charge >= 0.3 is 5.97 Å². The molecule has 1 aromatic carbocycles. The van der Waals surface area contributed by atoms with Crippen LogP contribution in [0, 0.1) is 40.0 Å². The number of aliphatic carboxylic acids is 1. The number of hydrogen-bond donors (Lipinski definition) is 1. The smallest absolute Gasteiger partial charge is 0.311 e. The SMILES string of the molecule is C/C=C/C1C(C)(C)[C@]1(Cc1c(F)c(F)c(COC)c(F)c1F)C(=O)O. The van der Waals surface area contributed by atoms with E-state index in [0.717, 1.165) is 7.11 Å². The fraction of sp³-hybridized carbons (Fsp3) is 0.500. The highest BCUT2D eigenvalue weighted by Crippen LogP contribution is 2.71. The van der Waals surface area contributed by atoms with E-state index in [0.29, 0.717) is 0 Å². The van der Waals surface area contributed by atoms with E-state index in [9.17, 15) is 27.5 Å². The van der Waals surface area contributed by atoms with Crippen molar-refractivity contribution in [1.82, 2.24) is 0 Å². The summed E-state index contributed by atoms with van der Waals surface area (Å²) in [7, 11) is 1.14. The molecule has 0 aliphatic heterocycles. The van der Waals surface area contributed by atoms with Crippen LogP contribution >= 0.6 is 0 Å². The van der Waals surface area contributed by atoms with E-state index >= 15 is 0 Å². The Kier molecular flexibility index (Phi) is 5.01. The topological polar surface area (TPSA) is 46.5 Å². The number of carboxylic acid groups (broad SMARTS) is 1. The second-order valence-corrected chi connectivity index (χ2v) is 6.82. The molecule has 1 aliphatic carbocycles. The van der Waals surface area contributed by atoms with Crippen molar-refractivity contribution in [2.45, 2.75) is 33.8 Å². The molecule has 2 atom stereocenters. The van der Waals surface area contributed by atoms with Gasteiger partial charge in [0.05, 0.1) is 17.6 Å². The van der Waals surface area contributed by atoms with E-state index in [1.54, 1.807) is 32.9 Å². The Balaban J connectivity index is 2.59. The fourth-order valence-corrected chi connectivity index (χ4v) is 3.74. The maximum atomic E-state index is 14.4. The number of carboxylic acids is 1. The van der Waals surface area contributed by atoms with Gasteiger partial charge in [-0.25, -0.2) is 17.6 Å². The Hall–Kier alpha value is -1.89. The third-order valence-electron chi connectivity index (χ3n) is 5.33. The van der Waals surface area contributed by atoms with Crippen molar-refractivity contribution in [3.05, 3.63) is 46.5 Å². The zero-order valence-electron chi connectivity index (χ0n) is 14.4. The lowest BCUT2D eigenvalue weighted by Gasteiger charge is -2.18. The average Bonchev–Trinajstić information content (AvgIpc) is 3.02.